The van der Waals surface area contributed by atoms with Crippen LogP contribution in [0.4, 0.5) is 11.6 Å². The number of imidazole rings is 1. The Hall–Kier alpha value is -2.03. The van der Waals surface area contributed by atoms with Gasteiger partial charge in [0.15, 0.2) is 0 Å². The van der Waals surface area contributed by atoms with E-state index in [0.29, 0.717) is 0 Å². The number of anilines is 2. The van der Waals surface area contributed by atoms with Crippen LogP contribution in [-0.4, -0.2) is 16.1 Å². The van der Waals surface area contributed by atoms with Crippen LogP contribution in [0.1, 0.15) is 68.1 Å². The number of benzene rings is 1. The maximum atomic E-state index is 5.11. The van der Waals surface area contributed by atoms with Crippen LogP contribution < -0.4 is 4.90 Å². The number of fused-ring (bicyclic) bond motifs is 1. The monoisotopic (exact) mass is 351 g/mol. The Balaban J connectivity index is 2.12. The van der Waals surface area contributed by atoms with E-state index in [-0.39, 0.29) is 0 Å². The minimum Gasteiger partial charge on any atom is -0.310 e. The Morgan fingerprint density at radius 1 is 1.08 bits per heavy atom. The molecule has 0 spiro atoms. The highest BCUT2D eigenvalue weighted by atomic mass is 15.4. The highest BCUT2D eigenvalue weighted by molar-refractivity contribution is 5.73. The van der Waals surface area contributed by atoms with E-state index < -0.39 is 0 Å². The molecule has 0 bridgehead atoms. The van der Waals surface area contributed by atoms with Crippen molar-refractivity contribution in [3.63, 3.8) is 0 Å². The maximum Gasteiger partial charge on any atom is 0.210 e. The first-order valence-electron chi connectivity index (χ1n) is 10.2. The average Bonchev–Trinajstić information content (AvgIpc) is 3.13. The molecule has 2 heterocycles. The van der Waals surface area contributed by atoms with Crippen molar-refractivity contribution in [2.45, 2.75) is 73.8 Å². The van der Waals surface area contributed by atoms with E-state index in [9.17, 15) is 0 Å². The van der Waals surface area contributed by atoms with Crippen LogP contribution in [0.25, 0.3) is 5.57 Å². The van der Waals surface area contributed by atoms with Crippen LogP contribution in [0.3, 0.4) is 0 Å². The molecule has 3 rings (SSSR count). The second-order valence-electron chi connectivity index (χ2n) is 7.50. The molecule has 0 radical (unpaired) electrons. The quantitative estimate of drug-likeness (QED) is 0.625. The van der Waals surface area contributed by atoms with Gasteiger partial charge < -0.3 is 9.47 Å². The Bertz CT molecular complexity index is 803. The predicted octanol–water partition coefficient (Wildman–Crippen LogP) is 6.12. The van der Waals surface area contributed by atoms with Gasteiger partial charge in [-0.15, -0.1) is 0 Å². The van der Waals surface area contributed by atoms with Crippen molar-refractivity contribution in [2.24, 2.45) is 0 Å². The third kappa shape index (κ3) is 3.20. The molecule has 140 valence electrons. The van der Waals surface area contributed by atoms with Crippen molar-refractivity contribution in [3.8, 4) is 0 Å². The van der Waals surface area contributed by atoms with Gasteiger partial charge in [-0.3, -0.25) is 0 Å². The molecule has 0 aliphatic carbocycles. The molecule has 1 aliphatic rings. The van der Waals surface area contributed by atoms with E-state index in [4.69, 9.17) is 4.98 Å². The molecule has 26 heavy (non-hydrogen) atoms. The van der Waals surface area contributed by atoms with Crippen molar-refractivity contribution in [1.29, 1.82) is 0 Å². The Kier molecular flexibility index (Phi) is 5.55. The summed E-state index contributed by atoms with van der Waals surface area (Å²) in [6.45, 7) is 15.4. The number of aromatic nitrogens is 2. The predicted molar refractivity (Wildman–Crippen MR) is 112 cm³/mol. The molecule has 1 aromatic carbocycles. The van der Waals surface area contributed by atoms with Gasteiger partial charge in [-0.1, -0.05) is 51.0 Å². The molecule has 0 amide bonds. The van der Waals surface area contributed by atoms with Gasteiger partial charge in [0.25, 0.3) is 0 Å². The minimum atomic E-state index is 0.986. The van der Waals surface area contributed by atoms with Gasteiger partial charge in [0, 0.05) is 18.8 Å². The molecule has 1 aromatic heterocycles. The van der Waals surface area contributed by atoms with Gasteiger partial charge >= 0.3 is 0 Å². The second-order valence-corrected chi connectivity index (χ2v) is 7.50. The molecule has 0 N–H and O–H groups in total. The third-order valence-electron chi connectivity index (χ3n) is 5.32. The van der Waals surface area contributed by atoms with Crippen molar-refractivity contribution >= 4 is 17.2 Å². The van der Waals surface area contributed by atoms with Gasteiger partial charge in [-0.2, -0.15) is 0 Å². The molecule has 0 saturated carbocycles. The van der Waals surface area contributed by atoms with E-state index >= 15 is 0 Å². The lowest BCUT2D eigenvalue weighted by molar-refractivity contribution is 0.775. The van der Waals surface area contributed by atoms with Crippen LogP contribution in [0.2, 0.25) is 0 Å². The molecular weight excluding hydrogens is 318 g/mol. The highest BCUT2D eigenvalue weighted by Gasteiger charge is 2.29. The van der Waals surface area contributed by atoms with E-state index in [0.717, 1.165) is 38.3 Å². The van der Waals surface area contributed by atoms with Crippen LogP contribution >= 0.6 is 0 Å². The zero-order chi connectivity index (χ0) is 18.8. The minimum absolute atomic E-state index is 0.986. The molecule has 3 nitrogen and oxygen atoms in total. The summed E-state index contributed by atoms with van der Waals surface area (Å²) < 4.78 is 2.47. The fourth-order valence-electron chi connectivity index (χ4n) is 4.46. The van der Waals surface area contributed by atoms with Gasteiger partial charge in [0.05, 0.1) is 11.4 Å². The molecule has 1 aliphatic heterocycles. The van der Waals surface area contributed by atoms with Gasteiger partial charge in [-0.25, -0.2) is 4.98 Å². The molecule has 2 aromatic rings. The van der Waals surface area contributed by atoms with Crippen molar-refractivity contribution in [3.05, 3.63) is 46.3 Å². The number of hydrogen-bond acceptors (Lipinski definition) is 2. The summed E-state index contributed by atoms with van der Waals surface area (Å²) in [5.74, 6) is 1.13. The van der Waals surface area contributed by atoms with Crippen LogP contribution in [0.15, 0.2) is 18.2 Å². The summed E-state index contributed by atoms with van der Waals surface area (Å²) in [4.78, 5) is 7.54. The fraction of sp³-hybridized carbons (Fsp3) is 0.522. The summed E-state index contributed by atoms with van der Waals surface area (Å²) in [6, 6.07) is 4.57. The second kappa shape index (κ2) is 7.69. The summed E-state index contributed by atoms with van der Waals surface area (Å²) in [6.07, 6.45) is 6.78. The van der Waals surface area contributed by atoms with E-state index in [1.165, 1.54) is 45.8 Å². The molecule has 0 unspecified atom stereocenters. The topological polar surface area (TPSA) is 21.1 Å². The third-order valence-corrected chi connectivity index (χ3v) is 5.32. The molecule has 3 heteroatoms. The van der Waals surface area contributed by atoms with Crippen molar-refractivity contribution in [2.75, 3.05) is 11.4 Å². The first-order chi connectivity index (χ1) is 12.5. The number of aryl methyl sites for hydroxylation is 4. The smallest absolute Gasteiger partial charge is 0.210 e. The Morgan fingerprint density at radius 2 is 1.77 bits per heavy atom. The summed E-state index contributed by atoms with van der Waals surface area (Å²) >= 11 is 0. The largest absolute Gasteiger partial charge is 0.310 e. The van der Waals surface area contributed by atoms with E-state index in [1.807, 2.05) is 0 Å². The lowest BCUT2D eigenvalue weighted by Gasteiger charge is -2.22. The fourth-order valence-corrected chi connectivity index (χ4v) is 4.46. The number of allylic oxidation sites excluding steroid dienone is 2. The standard InChI is InChI=1S/C23H33N3/c1-7-10-19(11-8-2)22-20(9-3)24-23-25(12-13-26(22)23)21-17(5)14-16(4)15-18(21)6/h10,14-15H,7-9,11-13H2,1-6H3. The van der Waals surface area contributed by atoms with Crippen LogP contribution in [0.5, 0.6) is 0 Å². The van der Waals surface area contributed by atoms with E-state index in [1.54, 1.807) is 0 Å². The normalized spacial score (nSPS) is 14.2. The summed E-state index contributed by atoms with van der Waals surface area (Å²) in [5, 5.41) is 0. The summed E-state index contributed by atoms with van der Waals surface area (Å²) in [7, 11) is 0. The van der Waals surface area contributed by atoms with Crippen LogP contribution in [0, 0.1) is 20.8 Å². The zero-order valence-corrected chi connectivity index (χ0v) is 17.3. The molecular formula is C23H33N3. The Labute approximate surface area is 158 Å². The molecule has 0 fully saturated rings. The van der Waals surface area contributed by atoms with Crippen LogP contribution in [-0.2, 0) is 13.0 Å². The van der Waals surface area contributed by atoms with Crippen molar-refractivity contribution in [1.82, 2.24) is 9.55 Å². The number of nitrogens with zero attached hydrogens (tertiary/aromatic N) is 3. The zero-order valence-electron chi connectivity index (χ0n) is 17.3. The lowest BCUT2D eigenvalue weighted by Crippen LogP contribution is -2.17. The Morgan fingerprint density at radius 3 is 2.35 bits per heavy atom. The SMILES string of the molecule is CCC=C(CCC)c1c(CC)nc2n1CCN2c1c(C)cc(C)cc1C. The summed E-state index contributed by atoms with van der Waals surface area (Å²) in [5.41, 5.74) is 9.47. The first kappa shape index (κ1) is 18.8. The average molecular weight is 352 g/mol. The first-order valence-corrected chi connectivity index (χ1v) is 10.2. The molecule has 0 saturated heterocycles. The van der Waals surface area contributed by atoms with Gasteiger partial charge in [-0.05, 0) is 56.7 Å². The maximum absolute atomic E-state index is 5.11. The molecule has 0 atom stereocenters. The van der Waals surface area contributed by atoms with Crippen molar-refractivity contribution < 1.29 is 0 Å². The number of hydrogen-bond donors (Lipinski definition) is 0. The number of rotatable bonds is 6. The van der Waals surface area contributed by atoms with Gasteiger partial charge in [0.2, 0.25) is 5.95 Å². The highest BCUT2D eigenvalue weighted by Crippen LogP contribution is 2.38. The lowest BCUT2D eigenvalue weighted by atomic mass is 10.0. The van der Waals surface area contributed by atoms with Gasteiger partial charge in [0.1, 0.15) is 0 Å². The van der Waals surface area contributed by atoms with E-state index in [2.05, 4.69) is 69.2 Å².